The van der Waals surface area contributed by atoms with E-state index in [0.717, 1.165) is 24.7 Å². The molecule has 1 aromatic carbocycles. The Kier molecular flexibility index (Phi) is 3.38. The first kappa shape index (κ1) is 11.7. The van der Waals surface area contributed by atoms with Gasteiger partial charge in [-0.3, -0.25) is 0 Å². The number of hydrogen-bond acceptors (Lipinski definition) is 2. The maximum Gasteiger partial charge on any atom is 0.129 e. The zero-order valence-corrected chi connectivity index (χ0v) is 9.77. The van der Waals surface area contributed by atoms with Gasteiger partial charge in [0.1, 0.15) is 17.4 Å². The minimum atomic E-state index is -0.608. The molecule has 0 atom stereocenters. The van der Waals surface area contributed by atoms with Gasteiger partial charge in [0, 0.05) is 23.6 Å². The molecule has 1 aliphatic carbocycles. The first-order valence-electron chi connectivity index (χ1n) is 5.33. The van der Waals surface area contributed by atoms with Crippen molar-refractivity contribution in [3.8, 4) is 5.75 Å². The van der Waals surface area contributed by atoms with Crippen LogP contribution in [0.25, 0.3) is 0 Å². The van der Waals surface area contributed by atoms with Crippen molar-refractivity contribution in [2.75, 3.05) is 12.4 Å². The zero-order valence-electron chi connectivity index (χ0n) is 8.88. The minimum Gasteiger partial charge on any atom is -0.493 e. The quantitative estimate of drug-likeness (QED) is 0.798. The van der Waals surface area contributed by atoms with Crippen molar-refractivity contribution < 1.29 is 13.5 Å². The summed E-state index contributed by atoms with van der Waals surface area (Å²) in [7, 11) is 0. The molecule has 1 aliphatic rings. The van der Waals surface area contributed by atoms with Crippen LogP contribution in [-0.4, -0.2) is 12.4 Å². The number of hydrogen-bond donors (Lipinski definition) is 1. The first-order chi connectivity index (χ1) is 7.63. The van der Waals surface area contributed by atoms with Crippen LogP contribution in [0.15, 0.2) is 18.2 Å². The molecule has 0 spiro atoms. The SMILES string of the molecule is Fc1cc(F)cc(OCC2(CS)CCC2)c1. The van der Waals surface area contributed by atoms with Crippen LogP contribution in [0.2, 0.25) is 0 Å². The van der Waals surface area contributed by atoms with Crippen LogP contribution >= 0.6 is 12.6 Å². The first-order valence-corrected chi connectivity index (χ1v) is 5.97. The molecular formula is C12H14F2OS. The van der Waals surface area contributed by atoms with Crippen molar-refractivity contribution in [3.63, 3.8) is 0 Å². The average Bonchev–Trinajstić information content (AvgIpc) is 2.15. The molecule has 0 unspecified atom stereocenters. The van der Waals surface area contributed by atoms with E-state index in [1.165, 1.54) is 18.6 Å². The highest BCUT2D eigenvalue weighted by atomic mass is 32.1. The minimum absolute atomic E-state index is 0.103. The van der Waals surface area contributed by atoms with Crippen LogP contribution in [0.4, 0.5) is 8.78 Å². The molecule has 4 heteroatoms. The van der Waals surface area contributed by atoms with E-state index < -0.39 is 11.6 Å². The fourth-order valence-electron chi connectivity index (χ4n) is 1.87. The number of ether oxygens (including phenoxy) is 1. The van der Waals surface area contributed by atoms with Crippen LogP contribution in [0.3, 0.4) is 0 Å². The molecule has 0 N–H and O–H groups in total. The molecule has 0 bridgehead atoms. The van der Waals surface area contributed by atoms with Crippen molar-refractivity contribution >= 4 is 12.6 Å². The van der Waals surface area contributed by atoms with Crippen molar-refractivity contribution in [1.82, 2.24) is 0 Å². The van der Waals surface area contributed by atoms with Crippen molar-refractivity contribution in [2.45, 2.75) is 19.3 Å². The van der Waals surface area contributed by atoms with Crippen molar-refractivity contribution in [3.05, 3.63) is 29.8 Å². The molecule has 0 amide bonds. The van der Waals surface area contributed by atoms with Crippen LogP contribution in [0.1, 0.15) is 19.3 Å². The van der Waals surface area contributed by atoms with Crippen LogP contribution in [0.5, 0.6) is 5.75 Å². The molecule has 16 heavy (non-hydrogen) atoms. The summed E-state index contributed by atoms with van der Waals surface area (Å²) in [6, 6.07) is 3.24. The summed E-state index contributed by atoms with van der Waals surface area (Å²) in [5, 5.41) is 0. The summed E-state index contributed by atoms with van der Waals surface area (Å²) in [6.07, 6.45) is 3.34. The Morgan fingerprint density at radius 2 is 1.81 bits per heavy atom. The number of rotatable bonds is 4. The lowest BCUT2D eigenvalue weighted by atomic mass is 9.71. The molecule has 0 aliphatic heterocycles. The number of thiol groups is 1. The number of benzene rings is 1. The highest BCUT2D eigenvalue weighted by Gasteiger charge is 2.36. The van der Waals surface area contributed by atoms with Crippen LogP contribution < -0.4 is 4.74 Å². The van der Waals surface area contributed by atoms with E-state index in [4.69, 9.17) is 4.74 Å². The molecule has 0 aromatic heterocycles. The maximum absolute atomic E-state index is 12.9. The van der Waals surface area contributed by atoms with E-state index in [2.05, 4.69) is 12.6 Å². The van der Waals surface area contributed by atoms with Gasteiger partial charge in [-0.15, -0.1) is 0 Å². The van der Waals surface area contributed by atoms with Crippen molar-refractivity contribution in [2.24, 2.45) is 5.41 Å². The van der Waals surface area contributed by atoms with Gasteiger partial charge in [-0.05, 0) is 18.6 Å². The fourth-order valence-corrected chi connectivity index (χ4v) is 2.28. The normalized spacial score (nSPS) is 17.9. The van der Waals surface area contributed by atoms with E-state index in [9.17, 15) is 8.78 Å². The Labute approximate surface area is 99.2 Å². The van der Waals surface area contributed by atoms with Crippen molar-refractivity contribution in [1.29, 1.82) is 0 Å². The lowest BCUT2D eigenvalue weighted by Gasteiger charge is -2.40. The zero-order chi connectivity index (χ0) is 11.6. The molecule has 1 nitrogen and oxygen atoms in total. The van der Waals surface area contributed by atoms with Gasteiger partial charge in [0.15, 0.2) is 0 Å². The highest BCUT2D eigenvalue weighted by molar-refractivity contribution is 7.80. The smallest absolute Gasteiger partial charge is 0.129 e. The maximum atomic E-state index is 12.9. The van der Waals surface area contributed by atoms with Crippen LogP contribution in [-0.2, 0) is 0 Å². The Hall–Kier alpha value is -0.770. The van der Waals surface area contributed by atoms with Gasteiger partial charge in [0.2, 0.25) is 0 Å². The summed E-state index contributed by atoms with van der Waals surface area (Å²) in [6.45, 7) is 0.486. The predicted octanol–water partition coefficient (Wildman–Crippen LogP) is 3.44. The molecule has 0 heterocycles. The number of halogens is 2. The Balaban J connectivity index is 1.98. The summed E-state index contributed by atoms with van der Waals surface area (Å²) in [5.41, 5.74) is 0.103. The van der Waals surface area contributed by atoms with Gasteiger partial charge in [0.05, 0.1) is 6.61 Å². The summed E-state index contributed by atoms with van der Waals surface area (Å²) in [5.74, 6) is -0.206. The third kappa shape index (κ3) is 2.48. The average molecular weight is 244 g/mol. The third-order valence-electron chi connectivity index (χ3n) is 3.13. The van der Waals surface area contributed by atoms with Gasteiger partial charge in [-0.25, -0.2) is 8.78 Å². The van der Waals surface area contributed by atoms with Crippen LogP contribution in [0, 0.1) is 17.0 Å². The summed E-state index contributed by atoms with van der Waals surface area (Å²) >= 11 is 4.29. The monoisotopic (exact) mass is 244 g/mol. The third-order valence-corrected chi connectivity index (χ3v) is 3.80. The second-order valence-electron chi connectivity index (χ2n) is 4.41. The Morgan fingerprint density at radius 1 is 1.19 bits per heavy atom. The van der Waals surface area contributed by atoms with Gasteiger partial charge in [-0.2, -0.15) is 12.6 Å². The van der Waals surface area contributed by atoms with E-state index in [1.807, 2.05) is 0 Å². The predicted molar refractivity (Wildman–Crippen MR) is 62.0 cm³/mol. The molecule has 88 valence electrons. The largest absolute Gasteiger partial charge is 0.493 e. The van der Waals surface area contributed by atoms with E-state index in [-0.39, 0.29) is 11.2 Å². The Morgan fingerprint density at radius 3 is 2.25 bits per heavy atom. The van der Waals surface area contributed by atoms with Gasteiger partial charge in [0.25, 0.3) is 0 Å². The molecule has 0 radical (unpaired) electrons. The molecule has 1 aromatic rings. The molecule has 1 fully saturated rings. The summed E-state index contributed by atoms with van der Waals surface area (Å²) < 4.78 is 31.2. The fraction of sp³-hybridized carbons (Fsp3) is 0.500. The second kappa shape index (κ2) is 4.62. The topological polar surface area (TPSA) is 9.23 Å². The standard InChI is InChI=1S/C12H14F2OS/c13-9-4-10(14)6-11(5-9)15-7-12(8-16)2-1-3-12/h4-6,16H,1-3,7-8H2. The Bertz CT molecular complexity index is 352. The van der Waals surface area contributed by atoms with E-state index in [1.54, 1.807) is 0 Å². The molecule has 1 saturated carbocycles. The van der Waals surface area contributed by atoms with E-state index >= 15 is 0 Å². The van der Waals surface area contributed by atoms with Gasteiger partial charge < -0.3 is 4.74 Å². The van der Waals surface area contributed by atoms with Gasteiger partial charge in [-0.1, -0.05) is 6.42 Å². The van der Waals surface area contributed by atoms with Gasteiger partial charge >= 0.3 is 0 Å². The lowest BCUT2D eigenvalue weighted by molar-refractivity contribution is 0.0825. The van der Waals surface area contributed by atoms with E-state index in [0.29, 0.717) is 6.61 Å². The molecular weight excluding hydrogens is 230 g/mol. The second-order valence-corrected chi connectivity index (χ2v) is 4.72. The highest BCUT2D eigenvalue weighted by Crippen LogP contribution is 2.42. The lowest BCUT2D eigenvalue weighted by Crippen LogP contribution is -2.37. The summed E-state index contributed by atoms with van der Waals surface area (Å²) in [4.78, 5) is 0. The molecule has 2 rings (SSSR count). The molecule has 0 saturated heterocycles.